The quantitative estimate of drug-likeness (QED) is 0.739. The molecule has 1 aromatic rings. The summed E-state index contributed by atoms with van der Waals surface area (Å²) >= 11 is 4.05. The lowest BCUT2D eigenvalue weighted by Crippen LogP contribution is -2.02. The van der Waals surface area contributed by atoms with Gasteiger partial charge in [-0.15, -0.1) is 0 Å². The normalized spacial score (nSPS) is 10.6. The van der Waals surface area contributed by atoms with E-state index in [4.69, 9.17) is 5.11 Å². The van der Waals surface area contributed by atoms with Crippen LogP contribution in [-0.4, -0.2) is 26.8 Å². The first-order chi connectivity index (χ1) is 6.74. The number of thiol groups is 1. The molecule has 74 valence electrons. The molecule has 0 aliphatic heterocycles. The van der Waals surface area contributed by atoms with Gasteiger partial charge in [-0.1, -0.05) is 12.2 Å². The second-order valence-corrected chi connectivity index (χ2v) is 3.01. The van der Waals surface area contributed by atoms with Crippen molar-refractivity contribution in [1.29, 1.82) is 0 Å². The highest BCUT2D eigenvalue weighted by molar-refractivity contribution is 7.80. The molecule has 0 fully saturated rings. The van der Waals surface area contributed by atoms with Gasteiger partial charge in [-0.25, -0.2) is 14.8 Å². The maximum atomic E-state index is 10.4. The van der Waals surface area contributed by atoms with Gasteiger partial charge in [-0.2, -0.15) is 12.6 Å². The molecule has 0 amide bonds. The van der Waals surface area contributed by atoms with Gasteiger partial charge in [-0.3, -0.25) is 0 Å². The molecule has 1 rings (SSSR count). The van der Waals surface area contributed by atoms with E-state index >= 15 is 0 Å². The molecular weight excluding hydrogens is 200 g/mol. The molecule has 0 saturated carbocycles. The van der Waals surface area contributed by atoms with Crippen molar-refractivity contribution < 1.29 is 9.90 Å². The zero-order valence-corrected chi connectivity index (χ0v) is 8.32. The Morgan fingerprint density at radius 3 is 2.64 bits per heavy atom. The molecule has 0 saturated heterocycles. The fourth-order valence-corrected chi connectivity index (χ4v) is 0.978. The monoisotopic (exact) mass is 210 g/mol. The van der Waals surface area contributed by atoms with E-state index in [1.165, 1.54) is 12.4 Å². The number of allylic oxidation sites excluding steroid dienone is 1. The van der Waals surface area contributed by atoms with Gasteiger partial charge < -0.3 is 5.11 Å². The summed E-state index contributed by atoms with van der Waals surface area (Å²) < 4.78 is 0. The van der Waals surface area contributed by atoms with Crippen LogP contribution in [0.5, 0.6) is 0 Å². The smallest absolute Gasteiger partial charge is 0.373 e. The molecule has 14 heavy (non-hydrogen) atoms. The summed E-state index contributed by atoms with van der Waals surface area (Å²) in [4.78, 5) is 17.8. The molecule has 1 N–H and O–H groups in total. The number of carbonyl (C=O) groups is 1. The number of carboxylic acid groups (broad SMARTS) is 1. The van der Waals surface area contributed by atoms with Crippen LogP contribution in [0.15, 0.2) is 18.5 Å². The van der Waals surface area contributed by atoms with Gasteiger partial charge in [0.05, 0.1) is 0 Å². The molecule has 0 unspecified atom stereocenters. The van der Waals surface area contributed by atoms with Crippen molar-refractivity contribution in [2.75, 3.05) is 5.75 Å². The summed E-state index contributed by atoms with van der Waals surface area (Å²) in [5, 5.41) is 8.54. The minimum atomic E-state index is -1.11. The first-order valence-electron chi connectivity index (χ1n) is 4.07. The van der Waals surface area contributed by atoms with Crippen LogP contribution >= 0.6 is 12.6 Å². The van der Waals surface area contributed by atoms with Gasteiger partial charge in [0.1, 0.15) is 0 Å². The predicted molar refractivity (Wildman–Crippen MR) is 56.5 cm³/mol. The van der Waals surface area contributed by atoms with E-state index in [1.54, 1.807) is 0 Å². The van der Waals surface area contributed by atoms with Crippen LogP contribution in [0, 0.1) is 0 Å². The third-order valence-corrected chi connectivity index (χ3v) is 1.73. The Labute approximate surface area is 87.1 Å². The van der Waals surface area contributed by atoms with Crippen molar-refractivity contribution in [1.82, 2.24) is 9.97 Å². The van der Waals surface area contributed by atoms with E-state index in [1.807, 2.05) is 12.2 Å². The minimum absolute atomic E-state index is 0.184. The number of hydrogen-bond donors (Lipinski definition) is 2. The largest absolute Gasteiger partial charge is 0.475 e. The maximum Gasteiger partial charge on any atom is 0.373 e. The van der Waals surface area contributed by atoms with E-state index in [0.717, 1.165) is 17.7 Å². The van der Waals surface area contributed by atoms with Crippen LogP contribution in [-0.2, 0) is 0 Å². The molecule has 1 aromatic heterocycles. The van der Waals surface area contributed by atoms with Gasteiger partial charge in [0.25, 0.3) is 0 Å². The molecule has 0 aromatic carbocycles. The summed E-state index contributed by atoms with van der Waals surface area (Å²) in [6.07, 6.45) is 7.59. The van der Waals surface area contributed by atoms with E-state index in [-0.39, 0.29) is 5.82 Å². The number of aromatic carboxylic acids is 1. The molecule has 5 heteroatoms. The molecule has 0 radical (unpaired) electrons. The second kappa shape index (κ2) is 5.39. The number of aromatic nitrogens is 2. The van der Waals surface area contributed by atoms with Crippen molar-refractivity contribution in [2.24, 2.45) is 0 Å². The molecule has 0 atom stereocenters. The van der Waals surface area contributed by atoms with Gasteiger partial charge in [0.2, 0.25) is 5.82 Å². The first-order valence-corrected chi connectivity index (χ1v) is 4.70. The zero-order valence-electron chi connectivity index (χ0n) is 7.42. The molecular formula is C9H10N2O2S. The number of hydrogen-bond acceptors (Lipinski definition) is 4. The minimum Gasteiger partial charge on any atom is -0.475 e. The van der Waals surface area contributed by atoms with E-state index in [9.17, 15) is 4.79 Å². The highest BCUT2D eigenvalue weighted by Crippen LogP contribution is 2.00. The van der Waals surface area contributed by atoms with Crippen LogP contribution in [0.25, 0.3) is 6.08 Å². The third-order valence-electron chi connectivity index (χ3n) is 1.47. The maximum absolute atomic E-state index is 10.4. The third kappa shape index (κ3) is 3.18. The summed E-state index contributed by atoms with van der Waals surface area (Å²) in [6.45, 7) is 0. The fraction of sp³-hybridized carbons (Fsp3) is 0.222. The van der Waals surface area contributed by atoms with Crippen molar-refractivity contribution in [2.45, 2.75) is 6.42 Å². The van der Waals surface area contributed by atoms with E-state index in [0.29, 0.717) is 0 Å². The Hall–Kier alpha value is -1.36. The molecule has 0 aliphatic rings. The zero-order chi connectivity index (χ0) is 10.4. The van der Waals surface area contributed by atoms with E-state index in [2.05, 4.69) is 22.6 Å². The average Bonchev–Trinajstić information content (AvgIpc) is 2.19. The number of rotatable bonds is 4. The number of carboxylic acids is 1. The highest BCUT2D eigenvalue weighted by atomic mass is 32.1. The summed E-state index contributed by atoms with van der Waals surface area (Å²) in [5.41, 5.74) is 0.789. The first kappa shape index (κ1) is 10.7. The van der Waals surface area contributed by atoms with E-state index < -0.39 is 5.97 Å². The molecule has 4 nitrogen and oxygen atoms in total. The standard InChI is InChI=1S/C9H10N2O2S/c12-9(13)8-10-5-7(6-11-8)3-1-2-4-14/h1,3,5-6,14H,2,4H2,(H,12,13). The van der Waals surface area contributed by atoms with Crippen LogP contribution < -0.4 is 0 Å². The van der Waals surface area contributed by atoms with Crippen LogP contribution in [0.4, 0.5) is 0 Å². The fourth-order valence-electron chi connectivity index (χ4n) is 0.828. The van der Waals surface area contributed by atoms with Gasteiger partial charge in [0, 0.05) is 18.0 Å². The lowest BCUT2D eigenvalue weighted by molar-refractivity contribution is 0.0683. The summed E-state index contributed by atoms with van der Waals surface area (Å²) in [5.74, 6) is -0.517. The van der Waals surface area contributed by atoms with Crippen molar-refractivity contribution in [3.05, 3.63) is 29.9 Å². The predicted octanol–water partition coefficient (Wildman–Crippen LogP) is 1.51. The molecule has 0 spiro atoms. The molecule has 1 heterocycles. The van der Waals surface area contributed by atoms with Gasteiger partial charge in [0.15, 0.2) is 0 Å². The summed E-state index contributed by atoms with van der Waals surface area (Å²) in [6, 6.07) is 0. The Balaban J connectivity index is 2.68. The lowest BCUT2D eigenvalue weighted by atomic mass is 10.3. The van der Waals surface area contributed by atoms with Gasteiger partial charge >= 0.3 is 5.97 Å². The van der Waals surface area contributed by atoms with Crippen molar-refractivity contribution >= 4 is 24.7 Å². The Kier molecular flexibility index (Phi) is 4.12. The van der Waals surface area contributed by atoms with Crippen molar-refractivity contribution in [3.8, 4) is 0 Å². The Morgan fingerprint density at radius 2 is 2.14 bits per heavy atom. The topological polar surface area (TPSA) is 63.1 Å². The van der Waals surface area contributed by atoms with Crippen LogP contribution in [0.1, 0.15) is 22.6 Å². The Morgan fingerprint density at radius 1 is 1.50 bits per heavy atom. The Bertz CT molecular complexity index is 335. The van der Waals surface area contributed by atoms with Crippen LogP contribution in [0.2, 0.25) is 0 Å². The SMILES string of the molecule is O=C(O)c1ncc(C=CCCS)cn1. The average molecular weight is 210 g/mol. The van der Waals surface area contributed by atoms with Gasteiger partial charge in [-0.05, 0) is 12.2 Å². The van der Waals surface area contributed by atoms with Crippen molar-refractivity contribution in [3.63, 3.8) is 0 Å². The van der Waals surface area contributed by atoms with Crippen LogP contribution in [0.3, 0.4) is 0 Å². The lowest BCUT2D eigenvalue weighted by Gasteiger charge is -1.93. The second-order valence-electron chi connectivity index (χ2n) is 2.56. The molecule has 0 bridgehead atoms. The molecule has 0 aliphatic carbocycles. The number of nitrogens with zero attached hydrogens (tertiary/aromatic N) is 2. The highest BCUT2D eigenvalue weighted by Gasteiger charge is 2.03. The summed E-state index contributed by atoms with van der Waals surface area (Å²) in [7, 11) is 0.